The molecule has 2 rings (SSSR count). The van der Waals surface area contributed by atoms with E-state index in [1.54, 1.807) is 6.07 Å². The van der Waals surface area contributed by atoms with Crippen LogP contribution in [0.4, 0.5) is 5.69 Å². The number of hydrogen-bond donors (Lipinski definition) is 1. The number of nitrogens with zero attached hydrogens (tertiary/aromatic N) is 1. The molecule has 0 heterocycles. The van der Waals surface area contributed by atoms with Crippen molar-refractivity contribution in [2.45, 2.75) is 38.6 Å². The van der Waals surface area contributed by atoms with Crippen molar-refractivity contribution < 1.29 is 9.66 Å². The predicted molar refractivity (Wildman–Crippen MR) is 77.9 cm³/mol. The topological polar surface area (TPSA) is 64.4 Å². The third-order valence-corrected chi connectivity index (χ3v) is 3.93. The highest BCUT2D eigenvalue weighted by Gasteiger charge is 2.14. The quantitative estimate of drug-likeness (QED) is 0.472. The average molecular weight is 278 g/mol. The fraction of sp³-hybridized carbons (Fsp3) is 0.600. The predicted octanol–water partition coefficient (Wildman–Crippen LogP) is 3.27. The van der Waals surface area contributed by atoms with Gasteiger partial charge in [0.15, 0.2) is 0 Å². The lowest BCUT2D eigenvalue weighted by Crippen LogP contribution is -2.17. The Kier molecular flexibility index (Phi) is 5.35. The van der Waals surface area contributed by atoms with Gasteiger partial charge in [0.1, 0.15) is 5.75 Å². The van der Waals surface area contributed by atoms with E-state index in [-0.39, 0.29) is 10.6 Å². The average Bonchev–Trinajstić information content (AvgIpc) is 2.96. The summed E-state index contributed by atoms with van der Waals surface area (Å²) >= 11 is 0. The number of non-ortho nitro benzene ring substituents is 1. The van der Waals surface area contributed by atoms with Crippen LogP contribution in [0.5, 0.6) is 5.75 Å². The van der Waals surface area contributed by atoms with E-state index < -0.39 is 0 Å². The molecule has 1 aromatic carbocycles. The van der Waals surface area contributed by atoms with Crippen LogP contribution in [0.3, 0.4) is 0 Å². The van der Waals surface area contributed by atoms with Crippen LogP contribution in [0.2, 0.25) is 0 Å². The van der Waals surface area contributed by atoms with Gasteiger partial charge >= 0.3 is 0 Å². The van der Waals surface area contributed by atoms with Crippen molar-refractivity contribution in [2.75, 3.05) is 13.7 Å². The highest BCUT2D eigenvalue weighted by atomic mass is 16.6. The van der Waals surface area contributed by atoms with Crippen molar-refractivity contribution in [3.05, 3.63) is 33.9 Å². The first-order valence-electron chi connectivity index (χ1n) is 7.22. The van der Waals surface area contributed by atoms with E-state index in [1.165, 1.54) is 45.3 Å². The molecule has 1 aliphatic rings. The molecule has 5 nitrogen and oxygen atoms in total. The molecule has 0 bridgehead atoms. The first kappa shape index (κ1) is 14.8. The Hall–Kier alpha value is -1.62. The van der Waals surface area contributed by atoms with Crippen molar-refractivity contribution in [3.63, 3.8) is 0 Å². The number of hydrogen-bond acceptors (Lipinski definition) is 4. The van der Waals surface area contributed by atoms with E-state index in [0.717, 1.165) is 18.0 Å². The first-order chi connectivity index (χ1) is 9.69. The molecule has 5 heteroatoms. The van der Waals surface area contributed by atoms with E-state index >= 15 is 0 Å². The molecule has 0 atom stereocenters. The van der Waals surface area contributed by atoms with Crippen molar-refractivity contribution in [2.24, 2.45) is 5.92 Å². The monoisotopic (exact) mass is 278 g/mol. The molecule has 110 valence electrons. The molecule has 0 unspecified atom stereocenters. The zero-order chi connectivity index (χ0) is 14.4. The molecule has 1 saturated carbocycles. The fourth-order valence-corrected chi connectivity index (χ4v) is 2.81. The molecular weight excluding hydrogens is 256 g/mol. The summed E-state index contributed by atoms with van der Waals surface area (Å²) in [7, 11) is 1.52. The van der Waals surface area contributed by atoms with Crippen molar-refractivity contribution in [1.29, 1.82) is 0 Å². The zero-order valence-electron chi connectivity index (χ0n) is 11.9. The van der Waals surface area contributed by atoms with E-state index in [1.807, 2.05) is 6.07 Å². The highest BCUT2D eigenvalue weighted by molar-refractivity contribution is 5.42. The number of rotatable bonds is 7. The van der Waals surface area contributed by atoms with Crippen molar-refractivity contribution >= 4 is 5.69 Å². The van der Waals surface area contributed by atoms with Crippen LogP contribution < -0.4 is 10.1 Å². The molecule has 0 spiro atoms. The van der Waals surface area contributed by atoms with E-state index in [4.69, 9.17) is 4.74 Å². The van der Waals surface area contributed by atoms with Crippen LogP contribution >= 0.6 is 0 Å². The van der Waals surface area contributed by atoms with Crippen LogP contribution in [0, 0.1) is 16.0 Å². The third-order valence-electron chi connectivity index (χ3n) is 3.93. The van der Waals surface area contributed by atoms with Crippen LogP contribution in [-0.2, 0) is 6.54 Å². The summed E-state index contributed by atoms with van der Waals surface area (Å²) in [5.74, 6) is 1.40. The van der Waals surface area contributed by atoms with Gasteiger partial charge in [0.2, 0.25) is 0 Å². The maximum absolute atomic E-state index is 10.9. The molecule has 0 saturated heterocycles. The van der Waals surface area contributed by atoms with Crippen molar-refractivity contribution in [1.82, 2.24) is 5.32 Å². The molecule has 0 aliphatic heterocycles. The van der Waals surface area contributed by atoms with Gasteiger partial charge in [-0.3, -0.25) is 10.1 Å². The molecule has 1 aliphatic carbocycles. The Morgan fingerprint density at radius 1 is 1.35 bits per heavy atom. The summed E-state index contributed by atoms with van der Waals surface area (Å²) in [5, 5.41) is 14.2. The Morgan fingerprint density at radius 2 is 2.10 bits per heavy atom. The molecule has 0 aromatic heterocycles. The minimum absolute atomic E-state index is 0.0805. The number of nitro groups is 1. The summed E-state index contributed by atoms with van der Waals surface area (Å²) < 4.78 is 5.10. The van der Waals surface area contributed by atoms with Crippen LogP contribution in [0.1, 0.15) is 37.7 Å². The summed E-state index contributed by atoms with van der Waals surface area (Å²) in [5.41, 5.74) is 0.972. The van der Waals surface area contributed by atoms with Gasteiger partial charge in [-0.15, -0.1) is 0 Å². The fourth-order valence-electron chi connectivity index (χ4n) is 2.81. The standard InChI is InChI=1S/C15H22N2O3/c1-20-15-9-13(8-14(10-15)17(18)19)11-16-7-6-12-4-2-3-5-12/h8-10,12,16H,2-7,11H2,1H3. The van der Waals surface area contributed by atoms with Gasteiger partial charge in [0.05, 0.1) is 18.1 Å². The normalized spacial score (nSPS) is 15.4. The first-order valence-corrected chi connectivity index (χ1v) is 7.22. The van der Waals surface area contributed by atoms with E-state index in [0.29, 0.717) is 12.3 Å². The summed E-state index contributed by atoms with van der Waals surface area (Å²) in [6.45, 7) is 1.61. The van der Waals surface area contributed by atoms with Crippen LogP contribution in [0.15, 0.2) is 18.2 Å². The molecule has 1 aromatic rings. The maximum atomic E-state index is 10.9. The summed E-state index contributed by atoms with van der Waals surface area (Å²) in [6, 6.07) is 4.89. The van der Waals surface area contributed by atoms with Crippen molar-refractivity contribution in [3.8, 4) is 5.75 Å². The second-order valence-electron chi connectivity index (χ2n) is 5.41. The van der Waals surface area contributed by atoms with Gasteiger partial charge in [-0.2, -0.15) is 0 Å². The van der Waals surface area contributed by atoms with Gasteiger partial charge in [-0.25, -0.2) is 0 Å². The van der Waals surface area contributed by atoms with Gasteiger partial charge < -0.3 is 10.1 Å². The van der Waals surface area contributed by atoms with Crippen LogP contribution in [-0.4, -0.2) is 18.6 Å². The van der Waals surface area contributed by atoms with E-state index in [2.05, 4.69) is 5.32 Å². The summed E-state index contributed by atoms with van der Waals surface area (Å²) in [4.78, 5) is 10.5. The smallest absolute Gasteiger partial charge is 0.273 e. The number of benzene rings is 1. The highest BCUT2D eigenvalue weighted by Crippen LogP contribution is 2.27. The Labute approximate surface area is 119 Å². The van der Waals surface area contributed by atoms with Gasteiger partial charge in [-0.05, 0) is 30.5 Å². The third kappa shape index (κ3) is 4.20. The van der Waals surface area contributed by atoms with Crippen LogP contribution in [0.25, 0.3) is 0 Å². The Balaban J connectivity index is 1.84. The lowest BCUT2D eigenvalue weighted by molar-refractivity contribution is -0.385. The van der Waals surface area contributed by atoms with E-state index in [9.17, 15) is 10.1 Å². The lowest BCUT2D eigenvalue weighted by Gasteiger charge is -2.10. The molecule has 1 N–H and O–H groups in total. The van der Waals surface area contributed by atoms with Gasteiger partial charge in [-0.1, -0.05) is 25.7 Å². The van der Waals surface area contributed by atoms with Gasteiger partial charge in [0.25, 0.3) is 5.69 Å². The molecular formula is C15H22N2O3. The van der Waals surface area contributed by atoms with Gasteiger partial charge in [0, 0.05) is 12.6 Å². The lowest BCUT2D eigenvalue weighted by atomic mass is 10.0. The number of nitrogens with one attached hydrogen (secondary N) is 1. The molecule has 1 fully saturated rings. The molecule has 20 heavy (non-hydrogen) atoms. The number of methoxy groups -OCH3 is 1. The largest absolute Gasteiger partial charge is 0.496 e. The summed E-state index contributed by atoms with van der Waals surface area (Å²) in [6.07, 6.45) is 6.64. The SMILES string of the molecule is COc1cc(CNCCC2CCCC2)cc([N+](=O)[O-])c1. The minimum Gasteiger partial charge on any atom is -0.496 e. The second kappa shape index (κ2) is 7.24. The molecule has 0 amide bonds. The maximum Gasteiger partial charge on any atom is 0.273 e. The Morgan fingerprint density at radius 3 is 2.75 bits per heavy atom. The second-order valence-corrected chi connectivity index (χ2v) is 5.41. The Bertz CT molecular complexity index is 456. The minimum atomic E-state index is -0.384. The number of ether oxygens (including phenoxy) is 1. The zero-order valence-corrected chi connectivity index (χ0v) is 11.9. The molecule has 0 radical (unpaired) electrons. The number of nitro benzene ring substituents is 1.